The maximum atomic E-state index is 12.0. The predicted octanol–water partition coefficient (Wildman–Crippen LogP) is 1.86. The molecule has 132 valence electrons. The first kappa shape index (κ1) is 18.3. The number of rotatable bonds is 7. The fourth-order valence-electron chi connectivity index (χ4n) is 2.97. The van der Waals surface area contributed by atoms with E-state index < -0.39 is 0 Å². The molecular weight excluding hydrogens is 308 g/mol. The van der Waals surface area contributed by atoms with Crippen LogP contribution < -0.4 is 10.6 Å². The Morgan fingerprint density at radius 1 is 1.29 bits per heavy atom. The van der Waals surface area contributed by atoms with Crippen LogP contribution in [0.25, 0.3) is 6.08 Å². The number of carbonyl (C=O) groups excluding carboxylic acids is 2. The second-order valence-corrected chi connectivity index (χ2v) is 6.14. The number of hydrogen-bond acceptors (Lipinski definition) is 4. The summed E-state index contributed by atoms with van der Waals surface area (Å²) < 4.78 is 5.09. The monoisotopic (exact) mass is 334 g/mol. The van der Waals surface area contributed by atoms with Crippen LogP contribution in [0.4, 0.5) is 0 Å². The quantitative estimate of drug-likeness (QED) is 0.524. The van der Waals surface area contributed by atoms with Crippen molar-refractivity contribution in [3.63, 3.8) is 0 Å². The minimum atomic E-state index is -0.262. The normalized spacial score (nSPS) is 21.4. The molecule has 3 N–H and O–H groups in total. The lowest BCUT2D eigenvalue weighted by Gasteiger charge is -2.24. The van der Waals surface area contributed by atoms with Gasteiger partial charge in [0.2, 0.25) is 11.8 Å². The summed E-state index contributed by atoms with van der Waals surface area (Å²) in [7, 11) is 0. The Bertz CT molecular complexity index is 539. The van der Waals surface area contributed by atoms with Gasteiger partial charge in [0.1, 0.15) is 5.76 Å². The highest BCUT2D eigenvalue weighted by molar-refractivity contribution is 5.91. The summed E-state index contributed by atoms with van der Waals surface area (Å²) in [4.78, 5) is 23.7. The maximum absolute atomic E-state index is 12.0. The molecule has 2 rings (SSSR count). The van der Waals surface area contributed by atoms with E-state index in [4.69, 9.17) is 4.42 Å². The first-order valence-corrected chi connectivity index (χ1v) is 8.58. The van der Waals surface area contributed by atoms with E-state index in [-0.39, 0.29) is 43.3 Å². The summed E-state index contributed by atoms with van der Waals surface area (Å²) in [6.45, 7) is 0.392. The van der Waals surface area contributed by atoms with E-state index in [1.807, 2.05) is 0 Å². The van der Waals surface area contributed by atoms with Gasteiger partial charge in [0.05, 0.1) is 6.26 Å². The maximum Gasteiger partial charge on any atom is 0.244 e. The van der Waals surface area contributed by atoms with Gasteiger partial charge in [-0.1, -0.05) is 19.3 Å². The van der Waals surface area contributed by atoms with Crippen molar-refractivity contribution in [2.75, 3.05) is 13.2 Å². The third-order valence-electron chi connectivity index (χ3n) is 4.33. The van der Waals surface area contributed by atoms with Crippen LogP contribution in [0.1, 0.15) is 44.3 Å². The Hall–Kier alpha value is -2.08. The van der Waals surface area contributed by atoms with E-state index in [1.165, 1.54) is 12.3 Å². The van der Waals surface area contributed by atoms with Crippen LogP contribution in [0.3, 0.4) is 0 Å². The summed E-state index contributed by atoms with van der Waals surface area (Å²) >= 11 is 0. The van der Waals surface area contributed by atoms with E-state index in [0.717, 1.165) is 32.1 Å². The van der Waals surface area contributed by atoms with Gasteiger partial charge in [0, 0.05) is 37.6 Å². The lowest BCUT2D eigenvalue weighted by atomic mass is 9.95. The highest BCUT2D eigenvalue weighted by Gasteiger charge is 2.24. The van der Waals surface area contributed by atoms with Gasteiger partial charge in [-0.15, -0.1) is 0 Å². The fraction of sp³-hybridized carbons (Fsp3) is 0.556. The Morgan fingerprint density at radius 2 is 2.12 bits per heavy atom. The van der Waals surface area contributed by atoms with Crippen molar-refractivity contribution >= 4 is 17.9 Å². The van der Waals surface area contributed by atoms with Gasteiger partial charge in [-0.2, -0.15) is 0 Å². The molecule has 0 bridgehead atoms. The first-order valence-electron chi connectivity index (χ1n) is 8.58. The third kappa shape index (κ3) is 6.20. The zero-order chi connectivity index (χ0) is 17.2. The molecule has 1 aromatic rings. The summed E-state index contributed by atoms with van der Waals surface area (Å²) in [5.41, 5.74) is 0. The summed E-state index contributed by atoms with van der Waals surface area (Å²) in [6, 6.07) is 3.54. The molecule has 0 spiro atoms. The molecule has 1 aromatic heterocycles. The molecule has 1 fully saturated rings. The number of carbonyl (C=O) groups is 2. The molecule has 0 saturated heterocycles. The topological polar surface area (TPSA) is 91.6 Å². The van der Waals surface area contributed by atoms with Crippen molar-refractivity contribution in [2.45, 2.75) is 44.6 Å². The van der Waals surface area contributed by atoms with Crippen LogP contribution in [0, 0.1) is 5.92 Å². The predicted molar refractivity (Wildman–Crippen MR) is 91.0 cm³/mol. The van der Waals surface area contributed by atoms with Crippen LogP contribution in [-0.4, -0.2) is 36.1 Å². The largest absolute Gasteiger partial charge is 0.465 e. The van der Waals surface area contributed by atoms with Crippen molar-refractivity contribution < 1.29 is 19.1 Å². The molecule has 0 radical (unpaired) electrons. The average Bonchev–Trinajstić information content (AvgIpc) is 2.99. The van der Waals surface area contributed by atoms with Crippen molar-refractivity contribution in [2.24, 2.45) is 5.92 Å². The SMILES string of the molecule is O=C(/C=C/c1ccco1)NCCC(=O)NC1CCCCCC1CO. The van der Waals surface area contributed by atoms with Crippen LogP contribution in [-0.2, 0) is 9.59 Å². The fourth-order valence-corrected chi connectivity index (χ4v) is 2.97. The molecule has 6 heteroatoms. The van der Waals surface area contributed by atoms with E-state index in [2.05, 4.69) is 10.6 Å². The molecule has 2 unspecified atom stereocenters. The Kier molecular flexibility index (Phi) is 7.55. The molecule has 1 saturated carbocycles. The minimum Gasteiger partial charge on any atom is -0.465 e. The minimum absolute atomic E-state index is 0.0412. The Morgan fingerprint density at radius 3 is 2.88 bits per heavy atom. The lowest BCUT2D eigenvalue weighted by molar-refractivity contribution is -0.122. The molecule has 1 heterocycles. The Labute approximate surface area is 142 Å². The van der Waals surface area contributed by atoms with Gasteiger partial charge in [-0.05, 0) is 31.1 Å². The Balaban J connectivity index is 1.67. The van der Waals surface area contributed by atoms with Crippen LogP contribution in [0.2, 0.25) is 0 Å². The van der Waals surface area contributed by atoms with Crippen LogP contribution >= 0.6 is 0 Å². The molecule has 1 aliphatic rings. The standard InChI is InChI=1S/C18H26N2O4/c21-13-14-5-2-1-3-7-16(14)20-18(23)10-11-19-17(22)9-8-15-6-4-12-24-15/h4,6,8-9,12,14,16,21H,1-3,5,7,10-11,13H2,(H,19,22)(H,20,23)/b9-8+. The van der Waals surface area contributed by atoms with Crippen molar-refractivity contribution in [3.05, 3.63) is 30.2 Å². The highest BCUT2D eigenvalue weighted by Crippen LogP contribution is 2.23. The number of hydrogen-bond donors (Lipinski definition) is 3. The molecule has 0 aromatic carbocycles. The third-order valence-corrected chi connectivity index (χ3v) is 4.33. The number of furan rings is 1. The van der Waals surface area contributed by atoms with Gasteiger partial charge in [0.15, 0.2) is 0 Å². The molecule has 24 heavy (non-hydrogen) atoms. The molecule has 0 aliphatic heterocycles. The lowest BCUT2D eigenvalue weighted by Crippen LogP contribution is -2.42. The molecule has 1 aliphatic carbocycles. The van der Waals surface area contributed by atoms with Gasteiger partial charge in [0.25, 0.3) is 0 Å². The number of aliphatic hydroxyl groups is 1. The van der Waals surface area contributed by atoms with E-state index in [1.54, 1.807) is 18.2 Å². The van der Waals surface area contributed by atoms with Gasteiger partial charge in [-0.3, -0.25) is 9.59 Å². The number of amides is 2. The first-order chi connectivity index (χ1) is 11.7. The van der Waals surface area contributed by atoms with Crippen LogP contribution in [0.5, 0.6) is 0 Å². The molecular formula is C18H26N2O4. The van der Waals surface area contributed by atoms with Crippen molar-refractivity contribution in [1.29, 1.82) is 0 Å². The van der Waals surface area contributed by atoms with E-state index >= 15 is 0 Å². The van der Waals surface area contributed by atoms with Crippen LogP contribution in [0.15, 0.2) is 28.9 Å². The van der Waals surface area contributed by atoms with Gasteiger partial charge >= 0.3 is 0 Å². The smallest absolute Gasteiger partial charge is 0.244 e. The highest BCUT2D eigenvalue weighted by atomic mass is 16.3. The zero-order valence-electron chi connectivity index (χ0n) is 13.9. The second-order valence-electron chi connectivity index (χ2n) is 6.14. The zero-order valence-corrected chi connectivity index (χ0v) is 13.9. The molecule has 2 amide bonds. The van der Waals surface area contributed by atoms with Crippen molar-refractivity contribution in [1.82, 2.24) is 10.6 Å². The molecule has 6 nitrogen and oxygen atoms in total. The van der Waals surface area contributed by atoms with E-state index in [0.29, 0.717) is 5.76 Å². The van der Waals surface area contributed by atoms with Gasteiger partial charge < -0.3 is 20.2 Å². The van der Waals surface area contributed by atoms with Crippen molar-refractivity contribution in [3.8, 4) is 0 Å². The van der Waals surface area contributed by atoms with Gasteiger partial charge in [-0.25, -0.2) is 0 Å². The second kappa shape index (κ2) is 9.93. The molecule has 2 atom stereocenters. The summed E-state index contributed by atoms with van der Waals surface area (Å²) in [6.07, 6.45) is 9.93. The number of nitrogens with one attached hydrogen (secondary N) is 2. The average molecular weight is 334 g/mol. The summed E-state index contributed by atoms with van der Waals surface area (Å²) in [5, 5.41) is 15.1. The number of aliphatic hydroxyl groups excluding tert-OH is 1. The van der Waals surface area contributed by atoms with E-state index in [9.17, 15) is 14.7 Å². The summed E-state index contributed by atoms with van der Waals surface area (Å²) in [5.74, 6) is 0.395.